The predicted octanol–water partition coefficient (Wildman–Crippen LogP) is 2.12. The lowest BCUT2D eigenvalue weighted by molar-refractivity contribution is -0.0225. The van der Waals surface area contributed by atoms with Gasteiger partial charge in [0.15, 0.2) is 0 Å². The number of aliphatic hydroxyl groups is 2. The molecule has 1 fully saturated rings. The van der Waals surface area contributed by atoms with E-state index in [1.54, 1.807) is 0 Å². The Bertz CT molecular complexity index is 615. The van der Waals surface area contributed by atoms with Crippen LogP contribution in [0.5, 0.6) is 0 Å². The standard InChI is InChI=1S/C17H19NO3/c18-14-8-12(16-9-15(20)17(10-19)21-16)6-7-13(14)11-4-2-1-3-5-11/h1-8,15-17,19-20H,9-10,18H2/t15-,16+,17+/m0/s1. The third-order valence-electron chi connectivity index (χ3n) is 3.94. The molecule has 4 heteroatoms. The van der Waals surface area contributed by atoms with E-state index in [1.165, 1.54) is 0 Å². The van der Waals surface area contributed by atoms with E-state index in [0.717, 1.165) is 16.7 Å². The third kappa shape index (κ3) is 2.78. The molecule has 0 amide bonds. The Morgan fingerprint density at radius 2 is 1.90 bits per heavy atom. The van der Waals surface area contributed by atoms with Gasteiger partial charge in [-0.05, 0) is 17.2 Å². The lowest BCUT2D eigenvalue weighted by Crippen LogP contribution is -2.24. The van der Waals surface area contributed by atoms with E-state index in [1.807, 2.05) is 48.5 Å². The Morgan fingerprint density at radius 1 is 1.14 bits per heavy atom. The molecule has 2 aromatic carbocycles. The first-order valence-corrected chi connectivity index (χ1v) is 7.08. The van der Waals surface area contributed by atoms with Crippen LogP contribution in [-0.2, 0) is 4.74 Å². The predicted molar refractivity (Wildman–Crippen MR) is 81.6 cm³/mol. The van der Waals surface area contributed by atoms with Crippen LogP contribution in [0, 0.1) is 0 Å². The van der Waals surface area contributed by atoms with Crippen LogP contribution in [0.25, 0.3) is 11.1 Å². The highest BCUT2D eigenvalue weighted by atomic mass is 16.5. The first-order valence-electron chi connectivity index (χ1n) is 7.08. The summed E-state index contributed by atoms with van der Waals surface area (Å²) in [6.07, 6.45) is -0.876. The van der Waals surface area contributed by atoms with Crippen molar-refractivity contribution in [2.45, 2.75) is 24.7 Å². The molecule has 1 aliphatic rings. The smallest absolute Gasteiger partial charge is 0.107 e. The van der Waals surface area contributed by atoms with Gasteiger partial charge in [0.05, 0.1) is 18.8 Å². The number of nitrogens with two attached hydrogens (primary N) is 1. The van der Waals surface area contributed by atoms with Crippen molar-refractivity contribution in [3.8, 4) is 11.1 Å². The van der Waals surface area contributed by atoms with Crippen LogP contribution in [0.15, 0.2) is 48.5 Å². The molecule has 2 aromatic rings. The van der Waals surface area contributed by atoms with Crippen molar-refractivity contribution >= 4 is 5.69 Å². The van der Waals surface area contributed by atoms with Gasteiger partial charge in [0.25, 0.3) is 0 Å². The average Bonchev–Trinajstić information content (AvgIpc) is 2.89. The van der Waals surface area contributed by atoms with Crippen molar-refractivity contribution in [2.75, 3.05) is 12.3 Å². The van der Waals surface area contributed by atoms with Gasteiger partial charge < -0.3 is 20.7 Å². The zero-order valence-electron chi connectivity index (χ0n) is 11.6. The highest BCUT2D eigenvalue weighted by molar-refractivity contribution is 5.76. The number of nitrogen functional groups attached to an aromatic ring is 1. The number of anilines is 1. The van der Waals surface area contributed by atoms with E-state index in [9.17, 15) is 5.11 Å². The van der Waals surface area contributed by atoms with Crippen LogP contribution in [0.2, 0.25) is 0 Å². The maximum atomic E-state index is 9.81. The second-order valence-electron chi connectivity index (χ2n) is 5.36. The number of benzene rings is 2. The molecular formula is C17H19NO3. The number of hydrogen-bond acceptors (Lipinski definition) is 4. The minimum absolute atomic E-state index is 0.171. The minimum Gasteiger partial charge on any atom is -0.398 e. The van der Waals surface area contributed by atoms with Crippen LogP contribution in [-0.4, -0.2) is 29.0 Å². The van der Waals surface area contributed by atoms with Crippen molar-refractivity contribution in [3.63, 3.8) is 0 Å². The lowest BCUT2D eigenvalue weighted by atomic mass is 9.98. The molecule has 0 saturated carbocycles. The van der Waals surface area contributed by atoms with Gasteiger partial charge in [-0.3, -0.25) is 0 Å². The SMILES string of the molecule is Nc1cc([C@H]2C[C@H](O)[C@@H](CO)O2)ccc1-c1ccccc1. The summed E-state index contributed by atoms with van der Waals surface area (Å²) in [6.45, 7) is -0.171. The van der Waals surface area contributed by atoms with E-state index in [0.29, 0.717) is 12.1 Å². The molecule has 0 bridgehead atoms. The van der Waals surface area contributed by atoms with E-state index < -0.39 is 12.2 Å². The first-order chi connectivity index (χ1) is 10.2. The average molecular weight is 285 g/mol. The van der Waals surface area contributed by atoms with Gasteiger partial charge in [0.1, 0.15) is 6.10 Å². The van der Waals surface area contributed by atoms with Gasteiger partial charge in [0.2, 0.25) is 0 Å². The van der Waals surface area contributed by atoms with Gasteiger partial charge >= 0.3 is 0 Å². The normalized spacial score (nSPS) is 25.1. The summed E-state index contributed by atoms with van der Waals surface area (Å²) in [7, 11) is 0. The Hall–Kier alpha value is -1.88. The van der Waals surface area contributed by atoms with Gasteiger partial charge in [-0.2, -0.15) is 0 Å². The van der Waals surface area contributed by atoms with Crippen molar-refractivity contribution in [1.82, 2.24) is 0 Å². The van der Waals surface area contributed by atoms with Gasteiger partial charge in [-0.15, -0.1) is 0 Å². The summed E-state index contributed by atoms with van der Waals surface area (Å²) < 4.78 is 5.65. The quantitative estimate of drug-likeness (QED) is 0.755. The molecule has 0 radical (unpaired) electrons. The van der Waals surface area contributed by atoms with Crippen LogP contribution < -0.4 is 5.73 Å². The number of ether oxygens (including phenoxy) is 1. The van der Waals surface area contributed by atoms with Gasteiger partial charge in [-0.1, -0.05) is 42.5 Å². The van der Waals surface area contributed by atoms with Crippen LogP contribution in [0.3, 0.4) is 0 Å². The molecule has 4 nitrogen and oxygen atoms in total. The topological polar surface area (TPSA) is 75.7 Å². The molecule has 0 unspecified atom stereocenters. The molecule has 0 spiro atoms. The fourth-order valence-electron chi connectivity index (χ4n) is 2.77. The molecule has 3 atom stereocenters. The van der Waals surface area contributed by atoms with Crippen LogP contribution in [0.4, 0.5) is 5.69 Å². The molecule has 1 saturated heterocycles. The van der Waals surface area contributed by atoms with E-state index >= 15 is 0 Å². The Kier molecular flexibility index (Phi) is 3.92. The highest BCUT2D eigenvalue weighted by Gasteiger charge is 2.34. The zero-order chi connectivity index (χ0) is 14.8. The molecule has 21 heavy (non-hydrogen) atoms. The van der Waals surface area contributed by atoms with E-state index in [2.05, 4.69) is 0 Å². The Morgan fingerprint density at radius 3 is 2.52 bits per heavy atom. The lowest BCUT2D eigenvalue weighted by Gasteiger charge is -2.14. The zero-order valence-corrected chi connectivity index (χ0v) is 11.6. The molecule has 1 aliphatic heterocycles. The Labute approximate surface area is 123 Å². The molecule has 3 rings (SSSR count). The maximum Gasteiger partial charge on any atom is 0.107 e. The molecule has 4 N–H and O–H groups in total. The van der Waals surface area contributed by atoms with Crippen molar-refractivity contribution in [1.29, 1.82) is 0 Å². The fraction of sp³-hybridized carbons (Fsp3) is 0.294. The molecule has 1 heterocycles. The largest absolute Gasteiger partial charge is 0.398 e. The minimum atomic E-state index is -0.630. The second kappa shape index (κ2) is 5.85. The number of hydrogen-bond donors (Lipinski definition) is 3. The summed E-state index contributed by atoms with van der Waals surface area (Å²) in [5.74, 6) is 0. The fourth-order valence-corrected chi connectivity index (χ4v) is 2.77. The van der Waals surface area contributed by atoms with Crippen molar-refractivity contribution < 1.29 is 14.9 Å². The van der Waals surface area contributed by atoms with Crippen LogP contribution in [0.1, 0.15) is 18.1 Å². The first kappa shape index (κ1) is 14.1. The van der Waals surface area contributed by atoms with E-state index in [-0.39, 0.29) is 12.7 Å². The Balaban J connectivity index is 1.85. The highest BCUT2D eigenvalue weighted by Crippen LogP contribution is 2.36. The molecule has 0 aromatic heterocycles. The second-order valence-corrected chi connectivity index (χ2v) is 5.36. The summed E-state index contributed by atoms with van der Waals surface area (Å²) in [4.78, 5) is 0. The van der Waals surface area contributed by atoms with E-state index in [4.69, 9.17) is 15.6 Å². The molecular weight excluding hydrogens is 266 g/mol. The summed E-state index contributed by atoms with van der Waals surface area (Å²) >= 11 is 0. The number of rotatable bonds is 3. The summed E-state index contributed by atoms with van der Waals surface area (Å²) in [5.41, 5.74) is 9.83. The van der Waals surface area contributed by atoms with Gasteiger partial charge in [0, 0.05) is 17.7 Å². The number of aliphatic hydroxyl groups excluding tert-OH is 2. The van der Waals surface area contributed by atoms with Gasteiger partial charge in [-0.25, -0.2) is 0 Å². The maximum absolute atomic E-state index is 9.81. The molecule has 110 valence electrons. The molecule has 0 aliphatic carbocycles. The van der Waals surface area contributed by atoms with Crippen molar-refractivity contribution in [3.05, 3.63) is 54.1 Å². The summed E-state index contributed by atoms with van der Waals surface area (Å²) in [6, 6.07) is 15.8. The van der Waals surface area contributed by atoms with Crippen molar-refractivity contribution in [2.24, 2.45) is 0 Å². The monoisotopic (exact) mass is 285 g/mol. The van der Waals surface area contributed by atoms with Crippen LogP contribution >= 0.6 is 0 Å². The summed E-state index contributed by atoms with van der Waals surface area (Å²) in [5, 5.41) is 18.9. The third-order valence-corrected chi connectivity index (χ3v) is 3.94.